The van der Waals surface area contributed by atoms with Gasteiger partial charge in [0.25, 0.3) is 5.69 Å². The van der Waals surface area contributed by atoms with Crippen LogP contribution in [0.2, 0.25) is 0 Å². The second-order valence-corrected chi connectivity index (χ2v) is 5.10. The average molecular weight is 324 g/mol. The van der Waals surface area contributed by atoms with Crippen LogP contribution in [0.25, 0.3) is 0 Å². The second-order valence-electron chi connectivity index (χ2n) is 5.10. The van der Waals surface area contributed by atoms with Crippen LogP contribution in [0.15, 0.2) is 24.3 Å². The smallest absolute Gasteiger partial charge is 0.410 e. The summed E-state index contributed by atoms with van der Waals surface area (Å²) in [6.07, 6.45) is 2.30. The molecule has 0 heterocycles. The molecule has 0 aliphatic rings. The molecule has 0 atom stereocenters. The fraction of sp³-hybridized carbons (Fsp3) is 0.533. The zero-order chi connectivity index (χ0) is 17.1. The van der Waals surface area contributed by atoms with E-state index in [1.54, 1.807) is 17.0 Å². The first-order valence-corrected chi connectivity index (χ1v) is 7.63. The first kappa shape index (κ1) is 18.9. The van der Waals surface area contributed by atoms with Crippen LogP contribution in [0.4, 0.5) is 10.5 Å². The van der Waals surface area contributed by atoms with Crippen molar-refractivity contribution in [2.75, 3.05) is 26.2 Å². The van der Waals surface area contributed by atoms with Crippen LogP contribution in [0.3, 0.4) is 0 Å². The minimum atomic E-state index is -0.472. The number of unbranched alkanes of at least 4 members (excludes halogenated alkanes) is 2. The van der Waals surface area contributed by atoms with Crippen molar-refractivity contribution in [2.24, 2.45) is 11.5 Å². The van der Waals surface area contributed by atoms with Gasteiger partial charge in [0.05, 0.1) is 4.92 Å². The van der Waals surface area contributed by atoms with Gasteiger partial charge < -0.3 is 21.1 Å². The molecule has 0 saturated carbocycles. The van der Waals surface area contributed by atoms with Crippen molar-refractivity contribution >= 4 is 11.8 Å². The number of non-ortho nitro benzene ring substituents is 1. The highest BCUT2D eigenvalue weighted by Gasteiger charge is 2.14. The number of carbonyl (C=O) groups excluding carboxylic acids is 1. The van der Waals surface area contributed by atoms with Gasteiger partial charge >= 0.3 is 6.09 Å². The summed E-state index contributed by atoms with van der Waals surface area (Å²) in [6.45, 7) is 2.09. The van der Waals surface area contributed by atoms with Crippen molar-refractivity contribution in [2.45, 2.75) is 25.9 Å². The molecular weight excluding hydrogens is 300 g/mol. The first-order valence-electron chi connectivity index (χ1n) is 7.63. The molecule has 0 fully saturated rings. The van der Waals surface area contributed by atoms with Gasteiger partial charge in [-0.1, -0.05) is 6.42 Å². The van der Waals surface area contributed by atoms with Gasteiger partial charge in [0.1, 0.15) is 6.61 Å². The number of amides is 1. The lowest BCUT2D eigenvalue weighted by Gasteiger charge is -2.21. The van der Waals surface area contributed by atoms with Crippen molar-refractivity contribution in [3.05, 3.63) is 39.9 Å². The number of hydrogen-bond acceptors (Lipinski definition) is 6. The predicted molar refractivity (Wildman–Crippen MR) is 86.8 cm³/mol. The zero-order valence-corrected chi connectivity index (χ0v) is 13.1. The van der Waals surface area contributed by atoms with Crippen LogP contribution in [0, 0.1) is 10.1 Å². The van der Waals surface area contributed by atoms with Gasteiger partial charge in [0.15, 0.2) is 0 Å². The van der Waals surface area contributed by atoms with E-state index in [2.05, 4.69) is 0 Å². The van der Waals surface area contributed by atoms with E-state index >= 15 is 0 Å². The Morgan fingerprint density at radius 1 is 1.09 bits per heavy atom. The molecule has 23 heavy (non-hydrogen) atoms. The minimum absolute atomic E-state index is 0.00439. The highest BCUT2D eigenvalue weighted by atomic mass is 16.6. The number of nitrogens with two attached hydrogens (primary N) is 2. The normalized spacial score (nSPS) is 10.3. The standard InChI is InChI=1S/C15H24N4O4/c16-8-2-1-3-10-18(11-9-17)15(20)23-12-13-4-6-14(7-5-13)19(21)22/h4-7H,1-3,8-12,16-17H2. The summed E-state index contributed by atoms with van der Waals surface area (Å²) in [5, 5.41) is 10.6. The topological polar surface area (TPSA) is 125 Å². The molecule has 1 aromatic carbocycles. The maximum Gasteiger partial charge on any atom is 0.410 e. The summed E-state index contributed by atoms with van der Waals surface area (Å²) in [5.74, 6) is 0. The van der Waals surface area contributed by atoms with Crippen molar-refractivity contribution in [3.8, 4) is 0 Å². The molecule has 128 valence electrons. The summed E-state index contributed by atoms with van der Waals surface area (Å²) >= 11 is 0. The second kappa shape index (κ2) is 10.5. The molecule has 4 N–H and O–H groups in total. The molecule has 8 nitrogen and oxygen atoms in total. The summed E-state index contributed by atoms with van der Waals surface area (Å²) in [7, 11) is 0. The lowest BCUT2D eigenvalue weighted by Crippen LogP contribution is -2.36. The fourth-order valence-electron chi connectivity index (χ4n) is 2.02. The van der Waals surface area contributed by atoms with E-state index in [4.69, 9.17) is 16.2 Å². The molecule has 0 spiro atoms. The molecule has 0 aliphatic carbocycles. The van der Waals surface area contributed by atoms with Crippen LogP contribution in [-0.2, 0) is 11.3 Å². The highest BCUT2D eigenvalue weighted by Crippen LogP contribution is 2.13. The fourth-order valence-corrected chi connectivity index (χ4v) is 2.02. The summed E-state index contributed by atoms with van der Waals surface area (Å²) < 4.78 is 5.24. The van der Waals surface area contributed by atoms with Gasteiger partial charge in [0.2, 0.25) is 0 Å². The Kier molecular flexibility index (Phi) is 8.63. The average Bonchev–Trinajstić information content (AvgIpc) is 2.56. The Morgan fingerprint density at radius 2 is 1.78 bits per heavy atom. The third kappa shape index (κ3) is 7.07. The summed E-state index contributed by atoms with van der Waals surface area (Å²) in [6, 6.07) is 5.90. The molecule has 0 radical (unpaired) electrons. The molecule has 0 unspecified atom stereocenters. The molecule has 1 rings (SSSR count). The number of nitrogens with zero attached hydrogens (tertiary/aromatic N) is 2. The van der Waals surface area contributed by atoms with Crippen molar-refractivity contribution < 1.29 is 14.5 Å². The van der Waals surface area contributed by atoms with Crippen molar-refractivity contribution in [3.63, 3.8) is 0 Å². The predicted octanol–water partition coefficient (Wildman–Crippen LogP) is 1.62. The molecule has 8 heteroatoms. The summed E-state index contributed by atoms with van der Waals surface area (Å²) in [4.78, 5) is 23.7. The van der Waals surface area contributed by atoms with E-state index in [0.717, 1.165) is 19.3 Å². The van der Waals surface area contributed by atoms with E-state index in [-0.39, 0.29) is 12.3 Å². The van der Waals surface area contributed by atoms with E-state index in [0.29, 0.717) is 31.7 Å². The van der Waals surface area contributed by atoms with E-state index in [1.165, 1.54) is 12.1 Å². The monoisotopic (exact) mass is 324 g/mol. The van der Waals surface area contributed by atoms with E-state index in [9.17, 15) is 14.9 Å². The van der Waals surface area contributed by atoms with Gasteiger partial charge in [-0.25, -0.2) is 4.79 Å². The molecule has 1 aromatic rings. The highest BCUT2D eigenvalue weighted by molar-refractivity contribution is 5.67. The van der Waals surface area contributed by atoms with E-state index < -0.39 is 11.0 Å². The van der Waals surface area contributed by atoms with Gasteiger partial charge in [-0.3, -0.25) is 10.1 Å². The largest absolute Gasteiger partial charge is 0.445 e. The zero-order valence-electron chi connectivity index (χ0n) is 13.1. The number of ether oxygens (including phenoxy) is 1. The molecule has 0 aliphatic heterocycles. The Hall–Kier alpha value is -2.19. The van der Waals surface area contributed by atoms with E-state index in [1.807, 2.05) is 0 Å². The lowest BCUT2D eigenvalue weighted by molar-refractivity contribution is -0.384. The third-order valence-electron chi connectivity index (χ3n) is 3.30. The Labute approximate surface area is 135 Å². The van der Waals surface area contributed by atoms with Crippen molar-refractivity contribution in [1.82, 2.24) is 4.90 Å². The molecule has 0 bridgehead atoms. The van der Waals surface area contributed by atoms with Gasteiger partial charge in [0, 0.05) is 31.8 Å². The van der Waals surface area contributed by atoms with Gasteiger partial charge in [-0.2, -0.15) is 0 Å². The Bertz CT molecular complexity index is 493. The number of rotatable bonds is 10. The lowest BCUT2D eigenvalue weighted by atomic mass is 10.2. The van der Waals surface area contributed by atoms with Crippen molar-refractivity contribution in [1.29, 1.82) is 0 Å². The Balaban J connectivity index is 2.45. The number of nitro groups is 1. The van der Waals surface area contributed by atoms with Crippen LogP contribution in [-0.4, -0.2) is 42.1 Å². The first-order chi connectivity index (χ1) is 11.1. The van der Waals surface area contributed by atoms with Crippen LogP contribution in [0.1, 0.15) is 24.8 Å². The number of hydrogen-bond donors (Lipinski definition) is 2. The van der Waals surface area contributed by atoms with Gasteiger partial charge in [-0.05, 0) is 37.1 Å². The third-order valence-corrected chi connectivity index (χ3v) is 3.30. The quantitative estimate of drug-likeness (QED) is 0.383. The SMILES string of the molecule is NCCCCCN(CCN)C(=O)OCc1ccc([N+](=O)[O-])cc1. The minimum Gasteiger partial charge on any atom is -0.445 e. The molecule has 0 aromatic heterocycles. The maximum atomic E-state index is 12.1. The number of benzene rings is 1. The number of nitro benzene ring substituents is 1. The molecule has 1 amide bonds. The van der Waals surface area contributed by atoms with Crippen LogP contribution < -0.4 is 11.5 Å². The number of carbonyl (C=O) groups is 1. The molecule has 0 saturated heterocycles. The van der Waals surface area contributed by atoms with Crippen LogP contribution in [0.5, 0.6) is 0 Å². The molecular formula is C15H24N4O4. The van der Waals surface area contributed by atoms with Crippen LogP contribution >= 0.6 is 0 Å². The van der Waals surface area contributed by atoms with Gasteiger partial charge in [-0.15, -0.1) is 0 Å². The summed E-state index contributed by atoms with van der Waals surface area (Å²) in [5.41, 5.74) is 11.7. The Morgan fingerprint density at radius 3 is 2.35 bits per heavy atom. The maximum absolute atomic E-state index is 12.1.